The van der Waals surface area contributed by atoms with E-state index in [-0.39, 0.29) is 0 Å². The predicted molar refractivity (Wildman–Crippen MR) is 251 cm³/mol. The Morgan fingerprint density at radius 3 is 1.62 bits per heavy atom. The number of furan rings is 3. The molecule has 5 aromatic heterocycles. The van der Waals surface area contributed by atoms with Crippen molar-refractivity contribution in [3.05, 3.63) is 188 Å². The van der Waals surface area contributed by atoms with Crippen molar-refractivity contribution >= 4 is 76.8 Å². The second kappa shape index (κ2) is 13.6. The summed E-state index contributed by atoms with van der Waals surface area (Å²) in [5.41, 5.74) is 13.2. The summed E-state index contributed by atoms with van der Waals surface area (Å²) in [7, 11) is 0. The summed E-state index contributed by atoms with van der Waals surface area (Å²) in [6.07, 6.45) is 0. The molecule has 0 saturated carbocycles. The lowest BCUT2D eigenvalue weighted by molar-refractivity contribution is 0.655. The van der Waals surface area contributed by atoms with Crippen molar-refractivity contribution in [3.63, 3.8) is 0 Å². The Kier molecular flexibility index (Phi) is 7.53. The molecule has 0 bridgehead atoms. The van der Waals surface area contributed by atoms with Crippen LogP contribution in [-0.2, 0) is 0 Å². The average molecular weight is 807 g/mol. The fraction of sp³-hybridized carbons (Fsp3) is 0. The van der Waals surface area contributed by atoms with Crippen molar-refractivity contribution in [1.29, 1.82) is 5.26 Å². The van der Waals surface area contributed by atoms with Crippen LogP contribution < -0.4 is 0 Å². The van der Waals surface area contributed by atoms with E-state index in [0.29, 0.717) is 34.1 Å². The van der Waals surface area contributed by atoms with E-state index in [1.54, 1.807) is 0 Å². The van der Waals surface area contributed by atoms with Crippen LogP contribution in [0.25, 0.3) is 133 Å². The second-order valence-corrected chi connectivity index (χ2v) is 15.8. The minimum absolute atomic E-state index is 0.396. The highest BCUT2D eigenvalue weighted by Crippen LogP contribution is 2.43. The zero-order valence-corrected chi connectivity index (χ0v) is 33.3. The first-order valence-corrected chi connectivity index (χ1v) is 20.7. The molecule has 0 radical (unpaired) electrons. The lowest BCUT2D eigenvalue weighted by Crippen LogP contribution is -1.97. The van der Waals surface area contributed by atoms with Gasteiger partial charge in [0.25, 0.3) is 0 Å². The molecule has 0 aliphatic carbocycles. The van der Waals surface area contributed by atoms with Gasteiger partial charge in [-0.3, -0.25) is 0 Å². The molecule has 0 aliphatic heterocycles. The molecule has 5 heterocycles. The van der Waals surface area contributed by atoms with E-state index in [2.05, 4.69) is 78.9 Å². The summed E-state index contributed by atoms with van der Waals surface area (Å²) >= 11 is 0. The van der Waals surface area contributed by atoms with Crippen molar-refractivity contribution < 1.29 is 13.3 Å². The molecule has 13 rings (SSSR count). The minimum atomic E-state index is 0.396. The summed E-state index contributed by atoms with van der Waals surface area (Å²) in [4.78, 5) is 15.3. The van der Waals surface area contributed by atoms with Gasteiger partial charge in [0.1, 0.15) is 28.4 Å². The van der Waals surface area contributed by atoms with Gasteiger partial charge in [-0.15, -0.1) is 0 Å². The third-order valence-corrected chi connectivity index (χ3v) is 12.1. The van der Waals surface area contributed by atoms with Crippen LogP contribution in [0.4, 0.5) is 0 Å². The number of fused-ring (bicyclic) bond motifs is 10. The summed E-state index contributed by atoms with van der Waals surface area (Å²) in [5.74, 6) is 0.553. The molecule has 7 nitrogen and oxygen atoms in total. The van der Waals surface area contributed by atoms with Crippen LogP contribution in [0.15, 0.2) is 195 Å². The maximum absolute atomic E-state index is 10.5. The molecular weight excluding hydrogens is 777 g/mol. The van der Waals surface area contributed by atoms with Gasteiger partial charge in [-0.25, -0.2) is 15.0 Å². The Balaban J connectivity index is 1.08. The highest BCUT2D eigenvalue weighted by atomic mass is 16.3. The third kappa shape index (κ3) is 5.56. The van der Waals surface area contributed by atoms with Crippen LogP contribution in [0, 0.1) is 11.3 Å². The highest BCUT2D eigenvalue weighted by molar-refractivity contribution is 6.13. The quantitative estimate of drug-likeness (QED) is 0.171. The summed E-state index contributed by atoms with van der Waals surface area (Å²) < 4.78 is 19.5. The highest BCUT2D eigenvalue weighted by Gasteiger charge is 2.21. The largest absolute Gasteiger partial charge is 0.455 e. The van der Waals surface area contributed by atoms with E-state index < -0.39 is 0 Å². The molecule has 7 heteroatoms. The van der Waals surface area contributed by atoms with E-state index in [9.17, 15) is 5.26 Å². The number of hydrogen-bond acceptors (Lipinski definition) is 7. The van der Waals surface area contributed by atoms with E-state index >= 15 is 0 Å². The lowest BCUT2D eigenvalue weighted by atomic mass is 9.93. The van der Waals surface area contributed by atoms with Crippen LogP contribution in [0.2, 0.25) is 0 Å². The number of hydrogen-bond donors (Lipinski definition) is 0. The number of nitriles is 1. The Labute approximate surface area is 358 Å². The molecule has 0 saturated heterocycles. The molecule has 0 fully saturated rings. The van der Waals surface area contributed by atoms with Gasteiger partial charge < -0.3 is 13.3 Å². The second-order valence-electron chi connectivity index (χ2n) is 15.8. The van der Waals surface area contributed by atoms with Gasteiger partial charge in [0.05, 0.1) is 22.5 Å². The smallest absolute Gasteiger partial charge is 0.227 e. The molecule has 0 amide bonds. The molecule has 63 heavy (non-hydrogen) atoms. The van der Waals surface area contributed by atoms with E-state index in [1.165, 1.54) is 0 Å². The fourth-order valence-corrected chi connectivity index (χ4v) is 9.13. The first-order chi connectivity index (χ1) is 31.1. The molecule has 8 aromatic carbocycles. The van der Waals surface area contributed by atoms with Gasteiger partial charge in [0.15, 0.2) is 11.4 Å². The molecule has 0 aliphatic rings. The van der Waals surface area contributed by atoms with Crippen LogP contribution >= 0.6 is 0 Å². The van der Waals surface area contributed by atoms with Crippen LogP contribution in [0.5, 0.6) is 0 Å². The van der Waals surface area contributed by atoms with Gasteiger partial charge >= 0.3 is 0 Å². The molecule has 0 spiro atoms. The van der Waals surface area contributed by atoms with Crippen LogP contribution in [0.3, 0.4) is 0 Å². The zero-order chi connectivity index (χ0) is 41.6. The third-order valence-electron chi connectivity index (χ3n) is 12.1. The maximum Gasteiger partial charge on any atom is 0.227 e. The Morgan fingerprint density at radius 1 is 0.381 bits per heavy atom. The van der Waals surface area contributed by atoms with Crippen LogP contribution in [-0.4, -0.2) is 15.0 Å². The minimum Gasteiger partial charge on any atom is -0.455 e. The van der Waals surface area contributed by atoms with Gasteiger partial charge in [-0.2, -0.15) is 5.26 Å². The molecule has 292 valence electrons. The SMILES string of the molecule is N#Cc1cc(-c2cc(-c3cc(-c4cccc5c4oc4ccccc45)cc(-c4cccc5c4oc4ccccc45)c3)nc(-c3ccccc3)n2)cc2c1oc1nc3ccccc3cc12. The van der Waals surface area contributed by atoms with E-state index in [0.717, 1.165) is 104 Å². The Morgan fingerprint density at radius 2 is 0.952 bits per heavy atom. The fourth-order valence-electron chi connectivity index (χ4n) is 9.13. The number of para-hydroxylation sites is 5. The Hall–Kier alpha value is -8.86. The van der Waals surface area contributed by atoms with E-state index in [1.807, 2.05) is 109 Å². The number of rotatable bonds is 5. The van der Waals surface area contributed by atoms with Crippen molar-refractivity contribution in [2.75, 3.05) is 0 Å². The summed E-state index contributed by atoms with van der Waals surface area (Å²) in [6.45, 7) is 0. The Bertz CT molecular complexity index is 3930. The van der Waals surface area contributed by atoms with Gasteiger partial charge in [0, 0.05) is 65.5 Å². The normalized spacial score (nSPS) is 11.8. The summed E-state index contributed by atoms with van der Waals surface area (Å²) in [6, 6.07) is 63.8. The van der Waals surface area contributed by atoms with Gasteiger partial charge in [-0.1, -0.05) is 121 Å². The molecular formula is C56H30N4O3. The molecule has 0 N–H and O–H groups in total. The number of pyridine rings is 1. The van der Waals surface area contributed by atoms with Gasteiger partial charge in [0.2, 0.25) is 5.71 Å². The van der Waals surface area contributed by atoms with Crippen molar-refractivity contribution in [1.82, 2.24) is 15.0 Å². The van der Waals surface area contributed by atoms with Crippen molar-refractivity contribution in [3.8, 4) is 62.2 Å². The van der Waals surface area contributed by atoms with E-state index in [4.69, 9.17) is 28.2 Å². The molecule has 0 atom stereocenters. The molecule has 13 aromatic rings. The average Bonchev–Trinajstić information content (AvgIpc) is 4.04. The first kappa shape index (κ1) is 34.9. The standard InChI is InChI=1S/C56H30N4O3/c57-31-38-27-37(29-45-46-28-33-14-4-7-21-47(33)60-56(46)63-52(38)45)49-30-48(58-55(59-49)32-12-2-1-3-13-32)36-25-34(39-17-10-19-43-41-15-5-8-22-50(41)61-53(39)43)24-35(26-36)40-18-11-20-44-42-16-6-9-23-51(42)62-54(40)44/h1-30H. The zero-order valence-electron chi connectivity index (χ0n) is 33.3. The number of aromatic nitrogens is 3. The number of nitrogens with zero attached hydrogens (tertiary/aromatic N) is 4. The summed E-state index contributed by atoms with van der Waals surface area (Å²) in [5, 5.41) is 17.4. The van der Waals surface area contributed by atoms with Crippen molar-refractivity contribution in [2.45, 2.75) is 0 Å². The van der Waals surface area contributed by atoms with Crippen LogP contribution in [0.1, 0.15) is 5.56 Å². The van der Waals surface area contributed by atoms with Crippen molar-refractivity contribution in [2.24, 2.45) is 0 Å². The first-order valence-electron chi connectivity index (χ1n) is 20.7. The van der Waals surface area contributed by atoms with Gasteiger partial charge in [-0.05, 0) is 71.8 Å². The lowest BCUT2D eigenvalue weighted by Gasteiger charge is -2.14. The predicted octanol–water partition coefficient (Wildman–Crippen LogP) is 14.9. The topological polar surface area (TPSA) is 102 Å². The monoisotopic (exact) mass is 806 g/mol. The maximum atomic E-state index is 10.5. The molecule has 0 unspecified atom stereocenters. The number of benzene rings is 8.